The third-order valence-corrected chi connectivity index (χ3v) is 5.85. The van der Waals surface area contributed by atoms with Gasteiger partial charge in [0.05, 0.1) is 11.1 Å². The van der Waals surface area contributed by atoms with Crippen LogP contribution in [0.2, 0.25) is 0 Å². The van der Waals surface area contributed by atoms with Gasteiger partial charge in [-0.25, -0.2) is 4.79 Å². The molecule has 3 aromatic carbocycles. The number of pyridine rings is 1. The molecule has 0 unspecified atom stereocenters. The Bertz CT molecular complexity index is 1330. The Morgan fingerprint density at radius 3 is 2.65 bits per heavy atom. The lowest BCUT2D eigenvalue weighted by Crippen LogP contribution is -2.29. The van der Waals surface area contributed by atoms with Gasteiger partial charge in [0.15, 0.2) is 12.4 Å². The third kappa shape index (κ3) is 3.68. The monoisotopic (exact) mass is 410 g/mol. The van der Waals surface area contributed by atoms with Gasteiger partial charge in [-0.1, -0.05) is 54.6 Å². The molecule has 0 spiro atoms. The van der Waals surface area contributed by atoms with Crippen LogP contribution in [0.5, 0.6) is 0 Å². The smallest absolute Gasteiger partial charge is 0.339 e. The topological polar surface area (TPSA) is 59.5 Å². The molecule has 0 radical (unpaired) electrons. The summed E-state index contributed by atoms with van der Waals surface area (Å²) in [6.45, 7) is 1.24. The maximum absolute atomic E-state index is 13.2. The number of rotatable bonds is 4. The van der Waals surface area contributed by atoms with Crippen LogP contribution in [0.4, 0.5) is 0 Å². The van der Waals surface area contributed by atoms with Gasteiger partial charge in [0.1, 0.15) is 0 Å². The standard InChI is InChI=1S/C26H22N2O3/c1-28-13-12-23-21(15-28)25(20-8-4-5-9-22(20)27-23)26(30)31-16-24(29)19-11-10-17-6-2-3-7-18(17)14-19/h2-11,14H,12-13,15-16H2,1H3. The van der Waals surface area contributed by atoms with E-state index in [1.54, 1.807) is 6.07 Å². The second kappa shape index (κ2) is 7.93. The van der Waals surface area contributed by atoms with Crippen molar-refractivity contribution in [3.05, 3.63) is 89.1 Å². The van der Waals surface area contributed by atoms with E-state index in [9.17, 15) is 9.59 Å². The highest BCUT2D eigenvalue weighted by Gasteiger charge is 2.25. The van der Waals surface area contributed by atoms with Gasteiger partial charge in [0.2, 0.25) is 0 Å². The van der Waals surface area contributed by atoms with Crippen molar-refractivity contribution in [2.45, 2.75) is 13.0 Å². The number of fused-ring (bicyclic) bond motifs is 3. The van der Waals surface area contributed by atoms with Gasteiger partial charge >= 0.3 is 5.97 Å². The zero-order chi connectivity index (χ0) is 21.4. The molecule has 4 aromatic rings. The molecule has 0 bridgehead atoms. The summed E-state index contributed by atoms with van der Waals surface area (Å²) in [4.78, 5) is 32.8. The Morgan fingerprint density at radius 1 is 1.00 bits per heavy atom. The molecule has 1 aromatic heterocycles. The number of likely N-dealkylation sites (N-methyl/N-ethyl adjacent to an activating group) is 1. The van der Waals surface area contributed by atoms with E-state index in [0.717, 1.165) is 45.9 Å². The molecule has 0 amide bonds. The summed E-state index contributed by atoms with van der Waals surface area (Å²) in [7, 11) is 2.02. The predicted octanol–water partition coefficient (Wildman–Crippen LogP) is 4.42. The van der Waals surface area contributed by atoms with E-state index >= 15 is 0 Å². The highest BCUT2D eigenvalue weighted by atomic mass is 16.5. The number of para-hydroxylation sites is 1. The molecule has 0 saturated carbocycles. The number of aromatic nitrogens is 1. The van der Waals surface area contributed by atoms with Crippen LogP contribution in [0.3, 0.4) is 0 Å². The Balaban J connectivity index is 1.43. The fourth-order valence-corrected chi connectivity index (χ4v) is 4.21. The molecule has 0 fully saturated rings. The van der Waals surface area contributed by atoms with E-state index in [2.05, 4.69) is 4.90 Å². The van der Waals surface area contributed by atoms with Crippen LogP contribution in [0.1, 0.15) is 32.0 Å². The molecule has 2 heterocycles. The molecule has 0 atom stereocenters. The number of benzene rings is 3. The average Bonchev–Trinajstić information content (AvgIpc) is 2.80. The Labute approximate surface area is 180 Å². The molecule has 0 saturated heterocycles. The van der Waals surface area contributed by atoms with E-state index < -0.39 is 5.97 Å². The molecule has 5 nitrogen and oxygen atoms in total. The molecule has 0 N–H and O–H groups in total. The lowest BCUT2D eigenvalue weighted by Gasteiger charge is -2.26. The first-order valence-electron chi connectivity index (χ1n) is 10.4. The van der Waals surface area contributed by atoms with Gasteiger partial charge in [-0.15, -0.1) is 0 Å². The fourth-order valence-electron chi connectivity index (χ4n) is 4.21. The number of Topliss-reactive ketones (excluding diaryl/α,β-unsaturated/α-hetero) is 1. The van der Waals surface area contributed by atoms with Gasteiger partial charge in [-0.2, -0.15) is 0 Å². The summed E-state index contributed by atoms with van der Waals surface area (Å²) in [5.41, 5.74) is 3.67. The Hall–Kier alpha value is -3.57. The SMILES string of the molecule is CN1CCc2nc3ccccc3c(C(=O)OCC(=O)c3ccc4ccccc4c3)c2C1. The first-order valence-corrected chi connectivity index (χ1v) is 10.4. The minimum atomic E-state index is -0.473. The molecule has 31 heavy (non-hydrogen) atoms. The second-order valence-corrected chi connectivity index (χ2v) is 7.98. The number of carbonyl (C=O) groups excluding carboxylic acids is 2. The van der Waals surface area contributed by atoms with Crippen molar-refractivity contribution < 1.29 is 14.3 Å². The van der Waals surface area contributed by atoms with E-state index in [1.807, 2.05) is 67.7 Å². The first-order chi connectivity index (χ1) is 15.1. The van der Waals surface area contributed by atoms with Crippen molar-refractivity contribution in [2.24, 2.45) is 0 Å². The van der Waals surface area contributed by atoms with Crippen LogP contribution in [-0.2, 0) is 17.7 Å². The van der Waals surface area contributed by atoms with Crippen molar-refractivity contribution in [1.82, 2.24) is 9.88 Å². The van der Waals surface area contributed by atoms with Crippen LogP contribution in [-0.4, -0.2) is 41.8 Å². The summed E-state index contributed by atoms with van der Waals surface area (Å²) in [6, 6.07) is 21.0. The zero-order valence-corrected chi connectivity index (χ0v) is 17.3. The molecular weight excluding hydrogens is 388 g/mol. The quantitative estimate of drug-likeness (QED) is 0.368. The Morgan fingerprint density at radius 2 is 1.77 bits per heavy atom. The number of ether oxygens (including phenoxy) is 1. The summed E-state index contributed by atoms with van der Waals surface area (Å²) in [6.07, 6.45) is 0.785. The zero-order valence-electron chi connectivity index (χ0n) is 17.3. The van der Waals surface area contributed by atoms with Crippen LogP contribution < -0.4 is 0 Å². The first kappa shape index (κ1) is 19.4. The Kier molecular flexibility index (Phi) is 4.96. The summed E-state index contributed by atoms with van der Waals surface area (Å²) >= 11 is 0. The minimum absolute atomic E-state index is 0.219. The van der Waals surface area contributed by atoms with Crippen LogP contribution in [0, 0.1) is 0 Å². The fraction of sp³-hybridized carbons (Fsp3) is 0.192. The molecular formula is C26H22N2O3. The number of hydrogen-bond donors (Lipinski definition) is 0. The van der Waals surface area contributed by atoms with E-state index in [-0.39, 0.29) is 12.4 Å². The van der Waals surface area contributed by atoms with Gasteiger partial charge < -0.3 is 9.64 Å². The van der Waals surface area contributed by atoms with Crippen molar-refractivity contribution in [3.8, 4) is 0 Å². The molecule has 0 aliphatic carbocycles. The van der Waals surface area contributed by atoms with E-state index in [4.69, 9.17) is 9.72 Å². The van der Waals surface area contributed by atoms with Crippen LogP contribution in [0.25, 0.3) is 21.7 Å². The number of carbonyl (C=O) groups is 2. The number of ketones is 1. The van der Waals surface area contributed by atoms with E-state index in [1.165, 1.54) is 0 Å². The average molecular weight is 410 g/mol. The van der Waals surface area contributed by atoms with Crippen molar-refractivity contribution >= 4 is 33.4 Å². The van der Waals surface area contributed by atoms with Gasteiger partial charge in [-0.3, -0.25) is 9.78 Å². The normalized spacial score (nSPS) is 13.8. The molecule has 1 aliphatic heterocycles. The third-order valence-electron chi connectivity index (χ3n) is 5.85. The number of esters is 1. The molecule has 5 heteroatoms. The van der Waals surface area contributed by atoms with Crippen LogP contribution >= 0.6 is 0 Å². The van der Waals surface area contributed by atoms with Gasteiger partial charge in [0, 0.05) is 41.7 Å². The maximum Gasteiger partial charge on any atom is 0.339 e. The lowest BCUT2D eigenvalue weighted by molar-refractivity contribution is 0.0474. The van der Waals surface area contributed by atoms with Gasteiger partial charge in [-0.05, 0) is 30.0 Å². The summed E-state index contributed by atoms with van der Waals surface area (Å²) in [5, 5.41) is 2.81. The van der Waals surface area contributed by atoms with Crippen molar-refractivity contribution in [2.75, 3.05) is 20.2 Å². The molecule has 154 valence electrons. The van der Waals surface area contributed by atoms with E-state index in [0.29, 0.717) is 17.7 Å². The maximum atomic E-state index is 13.2. The van der Waals surface area contributed by atoms with Crippen LogP contribution in [0.15, 0.2) is 66.7 Å². The minimum Gasteiger partial charge on any atom is -0.454 e. The highest BCUT2D eigenvalue weighted by molar-refractivity contribution is 6.07. The largest absolute Gasteiger partial charge is 0.454 e. The molecule has 1 aliphatic rings. The highest BCUT2D eigenvalue weighted by Crippen LogP contribution is 2.28. The number of hydrogen-bond acceptors (Lipinski definition) is 5. The summed E-state index contributed by atoms with van der Waals surface area (Å²) in [5.74, 6) is -0.692. The summed E-state index contributed by atoms with van der Waals surface area (Å²) < 4.78 is 5.53. The second-order valence-electron chi connectivity index (χ2n) is 7.98. The van der Waals surface area contributed by atoms with Crippen molar-refractivity contribution in [1.29, 1.82) is 0 Å². The predicted molar refractivity (Wildman–Crippen MR) is 120 cm³/mol. The van der Waals surface area contributed by atoms with Crippen molar-refractivity contribution in [3.63, 3.8) is 0 Å². The lowest BCUT2D eigenvalue weighted by atomic mass is 9.96. The number of nitrogens with zero attached hydrogens (tertiary/aromatic N) is 2. The van der Waals surface area contributed by atoms with Gasteiger partial charge in [0.25, 0.3) is 0 Å². The molecule has 5 rings (SSSR count).